The second kappa shape index (κ2) is 19.8. The SMILES string of the molecule is COC[C@@H](COC(C)=O)N(C)C(=O)CCC=CCCCCC(Cl)CCCCCCO. The lowest BCUT2D eigenvalue weighted by molar-refractivity contribution is -0.146. The monoisotopic (exact) mass is 447 g/mol. The molecule has 2 atom stereocenters. The van der Waals surface area contributed by atoms with Gasteiger partial charge < -0.3 is 19.5 Å². The zero-order valence-corrected chi connectivity index (χ0v) is 19.9. The first kappa shape index (κ1) is 28.9. The van der Waals surface area contributed by atoms with Crippen molar-refractivity contribution in [2.45, 2.75) is 89.0 Å². The first-order valence-corrected chi connectivity index (χ1v) is 11.6. The minimum Gasteiger partial charge on any atom is -0.464 e. The van der Waals surface area contributed by atoms with Gasteiger partial charge in [-0.25, -0.2) is 0 Å². The molecule has 0 bridgehead atoms. The van der Waals surface area contributed by atoms with Crippen LogP contribution in [0, 0.1) is 0 Å². The molecule has 7 heteroatoms. The normalized spacial score (nSPS) is 13.4. The summed E-state index contributed by atoms with van der Waals surface area (Å²) in [6, 6.07) is -0.270. The van der Waals surface area contributed by atoms with E-state index in [4.69, 9.17) is 26.2 Å². The molecule has 0 radical (unpaired) electrons. The van der Waals surface area contributed by atoms with Crippen LogP contribution in [0.25, 0.3) is 0 Å². The Morgan fingerprint density at radius 2 is 1.63 bits per heavy atom. The van der Waals surface area contributed by atoms with Crippen molar-refractivity contribution >= 4 is 23.5 Å². The number of carbonyl (C=O) groups excluding carboxylic acids is 2. The largest absolute Gasteiger partial charge is 0.464 e. The number of methoxy groups -OCH3 is 1. The van der Waals surface area contributed by atoms with E-state index in [1.54, 1.807) is 19.1 Å². The standard InChI is InChI=1S/C23H42ClNO5/c1-20(27)30-19-22(18-29-3)25(2)23(28)16-12-7-5-4-6-10-14-21(24)15-11-8-9-13-17-26/h5,7,21-22,26H,4,6,8-19H2,1-3H3/t21?,22-/m0/s1. The summed E-state index contributed by atoms with van der Waals surface area (Å²) in [5.41, 5.74) is 0. The molecule has 0 rings (SSSR count). The van der Waals surface area contributed by atoms with E-state index in [0.29, 0.717) is 19.4 Å². The fourth-order valence-electron chi connectivity index (χ4n) is 3.10. The van der Waals surface area contributed by atoms with Gasteiger partial charge in [-0.2, -0.15) is 0 Å². The first-order chi connectivity index (χ1) is 14.4. The smallest absolute Gasteiger partial charge is 0.302 e. The molecular weight excluding hydrogens is 406 g/mol. The Morgan fingerprint density at radius 3 is 2.27 bits per heavy atom. The van der Waals surface area contributed by atoms with Crippen LogP contribution in [0.2, 0.25) is 0 Å². The van der Waals surface area contributed by atoms with Crippen molar-refractivity contribution < 1.29 is 24.2 Å². The van der Waals surface area contributed by atoms with Gasteiger partial charge in [0.2, 0.25) is 5.91 Å². The zero-order valence-electron chi connectivity index (χ0n) is 19.1. The molecule has 1 unspecified atom stereocenters. The fraction of sp³-hybridized carbons (Fsp3) is 0.826. The van der Waals surface area contributed by atoms with E-state index < -0.39 is 0 Å². The Bertz CT molecular complexity index is 473. The molecule has 1 N–H and O–H groups in total. The lowest BCUT2D eigenvalue weighted by atomic mass is 10.1. The number of likely N-dealkylation sites (N-methyl/N-ethyl adjacent to an activating group) is 1. The van der Waals surface area contributed by atoms with Gasteiger partial charge in [0, 0.05) is 39.5 Å². The molecule has 176 valence electrons. The van der Waals surface area contributed by atoms with Crippen molar-refractivity contribution in [3.05, 3.63) is 12.2 Å². The summed E-state index contributed by atoms with van der Waals surface area (Å²) in [5, 5.41) is 9.01. The molecule has 0 spiro atoms. The third kappa shape index (κ3) is 16.7. The van der Waals surface area contributed by atoms with Gasteiger partial charge in [-0.1, -0.05) is 37.8 Å². The van der Waals surface area contributed by atoms with Crippen LogP contribution in [0.15, 0.2) is 12.2 Å². The second-order valence-electron chi connectivity index (χ2n) is 7.73. The molecule has 0 aromatic carbocycles. The Morgan fingerprint density at radius 1 is 1.00 bits per heavy atom. The van der Waals surface area contributed by atoms with Gasteiger partial charge in [0.1, 0.15) is 6.61 Å². The number of hydrogen-bond donors (Lipinski definition) is 1. The number of unbranched alkanes of at least 4 members (excludes halogenated alkanes) is 5. The maximum Gasteiger partial charge on any atom is 0.302 e. The number of rotatable bonds is 19. The highest BCUT2D eigenvalue weighted by Gasteiger charge is 2.20. The van der Waals surface area contributed by atoms with E-state index in [1.165, 1.54) is 6.92 Å². The van der Waals surface area contributed by atoms with Crippen molar-refractivity contribution in [3.63, 3.8) is 0 Å². The van der Waals surface area contributed by atoms with E-state index in [-0.39, 0.29) is 36.5 Å². The Labute approximate surface area is 187 Å². The number of halogens is 1. The predicted molar refractivity (Wildman–Crippen MR) is 122 cm³/mol. The summed E-state index contributed by atoms with van der Waals surface area (Å²) in [7, 11) is 3.28. The molecule has 0 aliphatic carbocycles. The summed E-state index contributed by atoms with van der Waals surface area (Å²) >= 11 is 6.36. The number of ether oxygens (including phenoxy) is 2. The van der Waals surface area contributed by atoms with E-state index in [2.05, 4.69) is 12.2 Å². The lowest BCUT2D eigenvalue weighted by Crippen LogP contribution is -2.43. The molecule has 0 aromatic heterocycles. The quantitative estimate of drug-likeness (QED) is 0.137. The maximum atomic E-state index is 12.3. The first-order valence-electron chi connectivity index (χ1n) is 11.2. The fourth-order valence-corrected chi connectivity index (χ4v) is 3.41. The number of alkyl halides is 1. The van der Waals surface area contributed by atoms with Crippen LogP contribution in [0.1, 0.15) is 77.6 Å². The number of aliphatic hydroxyl groups excluding tert-OH is 1. The number of nitrogens with zero attached hydrogens (tertiary/aromatic N) is 1. The molecule has 6 nitrogen and oxygen atoms in total. The van der Waals surface area contributed by atoms with Crippen LogP contribution in [-0.2, 0) is 19.1 Å². The Kier molecular flexibility index (Phi) is 19.1. The van der Waals surface area contributed by atoms with Gasteiger partial charge in [0.25, 0.3) is 0 Å². The van der Waals surface area contributed by atoms with Gasteiger partial charge in [-0.15, -0.1) is 11.6 Å². The number of esters is 1. The summed E-state index contributed by atoms with van der Waals surface area (Å²) in [5.74, 6) is -0.351. The van der Waals surface area contributed by atoms with Crippen LogP contribution < -0.4 is 0 Å². The molecule has 0 fully saturated rings. The van der Waals surface area contributed by atoms with Gasteiger partial charge in [0.15, 0.2) is 0 Å². The molecule has 0 aliphatic rings. The molecule has 30 heavy (non-hydrogen) atoms. The highest BCUT2D eigenvalue weighted by molar-refractivity contribution is 6.20. The average molecular weight is 448 g/mol. The molecular formula is C23H42ClNO5. The van der Waals surface area contributed by atoms with E-state index in [9.17, 15) is 9.59 Å². The number of hydrogen-bond acceptors (Lipinski definition) is 5. The van der Waals surface area contributed by atoms with Crippen molar-refractivity contribution in [2.75, 3.05) is 34.0 Å². The predicted octanol–water partition coefficient (Wildman–Crippen LogP) is 4.47. The van der Waals surface area contributed by atoms with Crippen molar-refractivity contribution in [3.8, 4) is 0 Å². The van der Waals surface area contributed by atoms with Crippen LogP contribution in [0.3, 0.4) is 0 Å². The van der Waals surface area contributed by atoms with E-state index in [0.717, 1.165) is 57.8 Å². The van der Waals surface area contributed by atoms with Gasteiger partial charge in [-0.3, -0.25) is 9.59 Å². The van der Waals surface area contributed by atoms with E-state index >= 15 is 0 Å². The minimum absolute atomic E-state index is 0.0119. The van der Waals surface area contributed by atoms with Gasteiger partial charge >= 0.3 is 5.97 Å². The summed E-state index contributed by atoms with van der Waals surface area (Å²) in [4.78, 5) is 24.9. The highest BCUT2D eigenvalue weighted by Crippen LogP contribution is 2.16. The molecule has 1 amide bonds. The van der Waals surface area contributed by atoms with Gasteiger partial charge in [-0.05, 0) is 38.5 Å². The van der Waals surface area contributed by atoms with Crippen LogP contribution >= 0.6 is 11.6 Å². The zero-order chi connectivity index (χ0) is 22.6. The van der Waals surface area contributed by atoms with Crippen molar-refractivity contribution in [1.82, 2.24) is 4.90 Å². The highest BCUT2D eigenvalue weighted by atomic mass is 35.5. The lowest BCUT2D eigenvalue weighted by Gasteiger charge is -2.27. The summed E-state index contributed by atoms with van der Waals surface area (Å²) < 4.78 is 10.1. The second-order valence-corrected chi connectivity index (χ2v) is 8.35. The number of aliphatic hydroxyl groups is 1. The number of allylic oxidation sites excluding steroid dienone is 2. The molecule has 0 aliphatic heterocycles. The average Bonchev–Trinajstić information content (AvgIpc) is 2.72. The topological polar surface area (TPSA) is 76.1 Å². The van der Waals surface area contributed by atoms with E-state index in [1.807, 2.05) is 0 Å². The molecule has 0 aromatic rings. The Balaban J connectivity index is 3.85. The Hall–Kier alpha value is -1.11. The third-order valence-electron chi connectivity index (χ3n) is 5.03. The number of amides is 1. The molecule has 0 saturated carbocycles. The van der Waals surface area contributed by atoms with Crippen LogP contribution in [-0.4, -0.2) is 67.3 Å². The minimum atomic E-state index is -0.363. The molecule has 0 saturated heterocycles. The van der Waals surface area contributed by atoms with Gasteiger partial charge in [0.05, 0.1) is 12.6 Å². The van der Waals surface area contributed by atoms with Crippen molar-refractivity contribution in [1.29, 1.82) is 0 Å². The van der Waals surface area contributed by atoms with Crippen molar-refractivity contribution in [2.24, 2.45) is 0 Å². The maximum absolute atomic E-state index is 12.3. The molecule has 0 heterocycles. The number of carbonyl (C=O) groups is 2. The van der Waals surface area contributed by atoms with Crippen LogP contribution in [0.5, 0.6) is 0 Å². The van der Waals surface area contributed by atoms with Crippen LogP contribution in [0.4, 0.5) is 0 Å². The third-order valence-corrected chi connectivity index (χ3v) is 5.47. The summed E-state index contributed by atoms with van der Waals surface area (Å²) in [6.07, 6.45) is 14.9. The summed E-state index contributed by atoms with van der Waals surface area (Å²) in [6.45, 7) is 2.11.